The summed E-state index contributed by atoms with van der Waals surface area (Å²) in [5, 5.41) is 13.0. The van der Waals surface area contributed by atoms with E-state index in [0.717, 1.165) is 36.7 Å². The number of fused-ring (bicyclic) bond motifs is 2. The SMILES string of the molecule is C[C@]1(C(N)=O)COc2c1cc(C(O)(CNC(=O)c1ccc3nc(C4CC4)cn3c1)C(F)(F)F)nc2-c1ccc(F)c(Cl)c1. The number of hydrogen-bond acceptors (Lipinski definition) is 6. The average molecular weight is 618 g/mol. The van der Waals surface area contributed by atoms with Gasteiger partial charge in [0.15, 0.2) is 0 Å². The topological polar surface area (TPSA) is 132 Å². The number of primary amides is 1. The van der Waals surface area contributed by atoms with Crippen LogP contribution in [0.3, 0.4) is 0 Å². The zero-order chi connectivity index (χ0) is 30.9. The van der Waals surface area contributed by atoms with Gasteiger partial charge >= 0.3 is 6.18 Å². The molecule has 1 unspecified atom stereocenters. The number of hydrogen-bond donors (Lipinski definition) is 3. The van der Waals surface area contributed by atoms with Crippen LogP contribution in [0.15, 0.2) is 48.8 Å². The summed E-state index contributed by atoms with van der Waals surface area (Å²) in [6.07, 6.45) is -0.105. The number of ether oxygens (including phenoxy) is 1. The summed E-state index contributed by atoms with van der Waals surface area (Å²) in [6, 6.07) is 7.21. The molecule has 1 aliphatic carbocycles. The smallest absolute Gasteiger partial charge is 0.424 e. The third-order valence-corrected chi connectivity index (χ3v) is 8.22. The van der Waals surface area contributed by atoms with Gasteiger partial charge < -0.3 is 25.3 Å². The molecule has 2 aliphatic rings. The molecule has 1 saturated carbocycles. The Balaban J connectivity index is 1.39. The molecule has 6 rings (SSSR count). The van der Waals surface area contributed by atoms with Crippen LogP contribution in [0.4, 0.5) is 17.6 Å². The number of carbonyl (C=O) groups is 2. The number of halogens is 5. The maximum absolute atomic E-state index is 14.6. The van der Waals surface area contributed by atoms with E-state index in [0.29, 0.717) is 11.6 Å². The number of nitrogens with one attached hydrogen (secondary N) is 1. The Morgan fingerprint density at radius 3 is 2.58 bits per heavy atom. The minimum Gasteiger partial charge on any atom is -0.489 e. The lowest BCUT2D eigenvalue weighted by Gasteiger charge is -2.31. The number of aromatic nitrogens is 3. The van der Waals surface area contributed by atoms with Crippen LogP contribution in [0, 0.1) is 5.82 Å². The van der Waals surface area contributed by atoms with Gasteiger partial charge in [0.05, 0.1) is 28.5 Å². The molecule has 14 heteroatoms. The summed E-state index contributed by atoms with van der Waals surface area (Å²) in [4.78, 5) is 34.0. The fourth-order valence-electron chi connectivity index (χ4n) is 5.01. The summed E-state index contributed by atoms with van der Waals surface area (Å²) in [5.41, 5.74) is 0.602. The van der Waals surface area contributed by atoms with Crippen LogP contribution in [-0.4, -0.2) is 50.6 Å². The van der Waals surface area contributed by atoms with E-state index in [1.165, 1.54) is 25.3 Å². The Labute approximate surface area is 246 Å². The number of pyridine rings is 2. The number of nitrogens with zero attached hydrogens (tertiary/aromatic N) is 3. The number of carbonyl (C=O) groups excluding carboxylic acids is 2. The van der Waals surface area contributed by atoms with Crippen molar-refractivity contribution in [2.75, 3.05) is 13.2 Å². The molecule has 2 atom stereocenters. The van der Waals surface area contributed by atoms with Crippen LogP contribution in [0.1, 0.15) is 53.0 Å². The van der Waals surface area contributed by atoms with E-state index < -0.39 is 47.1 Å². The van der Waals surface area contributed by atoms with E-state index in [-0.39, 0.29) is 39.8 Å². The van der Waals surface area contributed by atoms with Gasteiger partial charge in [-0.2, -0.15) is 13.2 Å². The lowest BCUT2D eigenvalue weighted by atomic mass is 9.81. The second-order valence-electron chi connectivity index (χ2n) is 11.0. The molecule has 9 nitrogen and oxygen atoms in total. The van der Waals surface area contributed by atoms with Crippen molar-refractivity contribution in [3.05, 3.63) is 82.1 Å². The molecule has 0 bridgehead atoms. The lowest BCUT2D eigenvalue weighted by molar-refractivity contribution is -0.265. The van der Waals surface area contributed by atoms with Crippen LogP contribution in [-0.2, 0) is 15.8 Å². The van der Waals surface area contributed by atoms with Crippen molar-refractivity contribution in [3.8, 4) is 17.0 Å². The van der Waals surface area contributed by atoms with Crippen LogP contribution in [0.25, 0.3) is 16.9 Å². The number of amides is 2. The normalized spacial score (nSPS) is 19.5. The minimum absolute atomic E-state index is 0.0371. The van der Waals surface area contributed by atoms with E-state index in [2.05, 4.69) is 15.3 Å². The van der Waals surface area contributed by atoms with Crippen LogP contribution in [0.2, 0.25) is 5.02 Å². The van der Waals surface area contributed by atoms with Crippen molar-refractivity contribution in [1.82, 2.24) is 19.7 Å². The molecule has 1 aromatic carbocycles. The standard InChI is InChI=1S/C29H24ClF4N5O4/c1-27(26(35)41)13-43-24-17(27)9-21(38-23(24)15-4-6-19(31)18(30)8-15)28(42,29(32,33)34)12-36-25(40)16-5-7-22-37-20(14-2-3-14)11-39(22)10-16/h4-11,14,42H,2-3,12-13H2,1H3,(H2,35,41)(H,36,40)/t27-,28?/m0/s1. The molecule has 4 aromatic rings. The van der Waals surface area contributed by atoms with E-state index >= 15 is 0 Å². The molecule has 43 heavy (non-hydrogen) atoms. The predicted molar refractivity (Wildman–Crippen MR) is 146 cm³/mol. The summed E-state index contributed by atoms with van der Waals surface area (Å²) >= 11 is 5.92. The van der Waals surface area contributed by atoms with Gasteiger partial charge in [-0.3, -0.25) is 9.59 Å². The number of imidazole rings is 1. The second-order valence-corrected chi connectivity index (χ2v) is 11.4. The largest absolute Gasteiger partial charge is 0.489 e. The van der Waals surface area contributed by atoms with E-state index in [1.807, 2.05) is 0 Å². The number of aliphatic hydroxyl groups is 1. The highest BCUT2D eigenvalue weighted by Crippen LogP contribution is 2.48. The van der Waals surface area contributed by atoms with E-state index in [4.69, 9.17) is 22.1 Å². The van der Waals surface area contributed by atoms with Gasteiger partial charge in [-0.05, 0) is 56.2 Å². The van der Waals surface area contributed by atoms with Gasteiger partial charge in [0.1, 0.15) is 34.9 Å². The molecule has 4 N–H and O–H groups in total. The van der Waals surface area contributed by atoms with Gasteiger partial charge in [-0.25, -0.2) is 14.4 Å². The fraction of sp³-hybridized carbons (Fsp3) is 0.310. The fourth-order valence-corrected chi connectivity index (χ4v) is 5.19. The molecule has 0 spiro atoms. The third-order valence-electron chi connectivity index (χ3n) is 7.93. The predicted octanol–water partition coefficient (Wildman–Crippen LogP) is 4.38. The first-order valence-corrected chi connectivity index (χ1v) is 13.6. The van der Waals surface area contributed by atoms with Crippen LogP contribution >= 0.6 is 11.6 Å². The highest BCUT2D eigenvalue weighted by molar-refractivity contribution is 6.31. The molecule has 2 amide bonds. The van der Waals surface area contributed by atoms with E-state index in [1.54, 1.807) is 16.7 Å². The summed E-state index contributed by atoms with van der Waals surface area (Å²) in [5.74, 6) is -2.27. The maximum Gasteiger partial charge on any atom is 0.424 e. The number of nitrogens with two attached hydrogens (primary N) is 1. The summed E-state index contributed by atoms with van der Waals surface area (Å²) < 4.78 is 65.1. The molecule has 0 radical (unpaired) electrons. The van der Waals surface area contributed by atoms with Crippen LogP contribution < -0.4 is 15.8 Å². The van der Waals surface area contributed by atoms with Crippen molar-refractivity contribution in [2.45, 2.75) is 42.9 Å². The van der Waals surface area contributed by atoms with Gasteiger partial charge in [-0.15, -0.1) is 0 Å². The average Bonchev–Trinajstić information content (AvgIpc) is 3.63. The summed E-state index contributed by atoms with van der Waals surface area (Å²) in [7, 11) is 0. The van der Waals surface area contributed by atoms with Crippen molar-refractivity contribution in [1.29, 1.82) is 0 Å². The lowest BCUT2D eigenvalue weighted by Crippen LogP contribution is -2.51. The third kappa shape index (κ3) is 4.85. The molecule has 4 heterocycles. The molecule has 224 valence electrons. The zero-order valence-electron chi connectivity index (χ0n) is 22.5. The first-order valence-electron chi connectivity index (χ1n) is 13.2. The quantitative estimate of drug-likeness (QED) is 0.264. The minimum atomic E-state index is -5.35. The van der Waals surface area contributed by atoms with Crippen molar-refractivity contribution in [2.24, 2.45) is 5.73 Å². The summed E-state index contributed by atoms with van der Waals surface area (Å²) in [6.45, 7) is -0.263. The number of rotatable bonds is 7. The molecule has 1 fully saturated rings. The van der Waals surface area contributed by atoms with E-state index in [9.17, 15) is 32.3 Å². The Morgan fingerprint density at radius 2 is 1.93 bits per heavy atom. The van der Waals surface area contributed by atoms with Gasteiger partial charge in [0.2, 0.25) is 11.5 Å². The van der Waals surface area contributed by atoms with Crippen LogP contribution in [0.5, 0.6) is 5.75 Å². The Bertz CT molecular complexity index is 1810. The monoisotopic (exact) mass is 617 g/mol. The Kier molecular flexibility index (Phi) is 6.66. The highest BCUT2D eigenvalue weighted by Gasteiger charge is 2.57. The Morgan fingerprint density at radius 1 is 1.19 bits per heavy atom. The molecule has 3 aromatic heterocycles. The first kappa shape index (κ1) is 28.9. The molecule has 0 saturated heterocycles. The molecular weight excluding hydrogens is 594 g/mol. The van der Waals surface area contributed by atoms with Crippen molar-refractivity contribution < 1.29 is 37.0 Å². The Hall–Kier alpha value is -4.23. The zero-order valence-corrected chi connectivity index (χ0v) is 23.3. The number of alkyl halides is 3. The van der Waals surface area contributed by atoms with Crippen molar-refractivity contribution >= 4 is 29.1 Å². The van der Waals surface area contributed by atoms with Gasteiger partial charge in [-0.1, -0.05) is 11.6 Å². The molecular formula is C29H24ClF4N5O4. The molecule has 1 aliphatic heterocycles. The highest BCUT2D eigenvalue weighted by atomic mass is 35.5. The van der Waals surface area contributed by atoms with Crippen molar-refractivity contribution in [3.63, 3.8) is 0 Å². The maximum atomic E-state index is 14.6. The van der Waals surface area contributed by atoms with Gasteiger partial charge in [0.25, 0.3) is 5.91 Å². The first-order chi connectivity index (χ1) is 20.2. The van der Waals surface area contributed by atoms with Gasteiger partial charge in [0, 0.05) is 29.4 Å². The second kappa shape index (κ2) is 9.91. The number of benzene rings is 1.